The molecular weight excluding hydrogens is 302 g/mol. The van der Waals surface area contributed by atoms with Crippen LogP contribution in [0.5, 0.6) is 5.88 Å². The van der Waals surface area contributed by atoms with E-state index in [4.69, 9.17) is 9.47 Å². The molecule has 0 spiro atoms. The molecule has 0 bridgehead atoms. The summed E-state index contributed by atoms with van der Waals surface area (Å²) in [6, 6.07) is 11.9. The summed E-state index contributed by atoms with van der Waals surface area (Å²) in [4.78, 5) is 16.2. The van der Waals surface area contributed by atoms with E-state index in [0.717, 1.165) is 22.4 Å². The fraction of sp³-hybridized carbons (Fsp3) is 0.300. The highest BCUT2D eigenvalue weighted by Gasteiger charge is 2.23. The fourth-order valence-electron chi connectivity index (χ4n) is 2.45. The third kappa shape index (κ3) is 4.02. The molecule has 0 fully saturated rings. The summed E-state index contributed by atoms with van der Waals surface area (Å²) in [6.07, 6.45) is 3.19. The number of aromatic nitrogens is 1. The predicted molar refractivity (Wildman–Crippen MR) is 96.0 cm³/mol. The van der Waals surface area contributed by atoms with Crippen molar-refractivity contribution >= 4 is 12.0 Å². The summed E-state index contributed by atoms with van der Waals surface area (Å²) < 4.78 is 10.1. The van der Waals surface area contributed by atoms with E-state index in [2.05, 4.69) is 25.8 Å². The van der Waals surface area contributed by atoms with E-state index in [-0.39, 0.29) is 5.41 Å². The number of carbonyl (C=O) groups excluding carboxylic acids is 1. The molecule has 1 aromatic heterocycles. The molecule has 2 rings (SSSR count). The van der Waals surface area contributed by atoms with Crippen LogP contribution >= 0.6 is 0 Å². The molecule has 0 amide bonds. The van der Waals surface area contributed by atoms with Crippen LogP contribution in [0.4, 0.5) is 0 Å². The lowest BCUT2D eigenvalue weighted by Crippen LogP contribution is -2.17. The second-order valence-corrected chi connectivity index (χ2v) is 6.45. The third-order valence-electron chi connectivity index (χ3n) is 3.63. The number of hydrogen-bond donors (Lipinski definition) is 0. The molecule has 0 aliphatic rings. The molecule has 0 N–H and O–H groups in total. The van der Waals surface area contributed by atoms with Crippen molar-refractivity contribution in [1.29, 1.82) is 0 Å². The van der Waals surface area contributed by atoms with Gasteiger partial charge in [-0.05, 0) is 17.2 Å². The highest BCUT2D eigenvalue weighted by Crippen LogP contribution is 2.35. The second-order valence-electron chi connectivity index (χ2n) is 6.45. The Balaban J connectivity index is 2.75. The zero-order valence-electron chi connectivity index (χ0n) is 14.8. The molecule has 0 aliphatic heterocycles. The summed E-state index contributed by atoms with van der Waals surface area (Å²) in [5.41, 5.74) is 3.54. The molecule has 1 heterocycles. The lowest BCUT2D eigenvalue weighted by atomic mass is 9.85. The largest absolute Gasteiger partial charge is 0.481 e. The Bertz CT molecular complexity index is 743. The van der Waals surface area contributed by atoms with Crippen molar-refractivity contribution in [3.8, 4) is 17.0 Å². The molecule has 0 radical (unpaired) electrons. The summed E-state index contributed by atoms with van der Waals surface area (Å²) in [7, 11) is 2.97. The molecule has 4 heteroatoms. The van der Waals surface area contributed by atoms with Crippen molar-refractivity contribution in [2.75, 3.05) is 14.2 Å². The third-order valence-corrected chi connectivity index (χ3v) is 3.63. The number of benzene rings is 1. The smallest absolute Gasteiger partial charge is 0.330 e. The maximum Gasteiger partial charge on any atom is 0.330 e. The lowest BCUT2D eigenvalue weighted by molar-refractivity contribution is -0.134. The number of methoxy groups -OCH3 is 2. The van der Waals surface area contributed by atoms with Crippen LogP contribution < -0.4 is 4.74 Å². The van der Waals surface area contributed by atoms with Crippen molar-refractivity contribution in [3.63, 3.8) is 0 Å². The Morgan fingerprint density at radius 1 is 1.12 bits per heavy atom. The van der Waals surface area contributed by atoms with Crippen LogP contribution in [0.25, 0.3) is 17.2 Å². The zero-order chi connectivity index (χ0) is 17.7. The zero-order valence-corrected chi connectivity index (χ0v) is 14.8. The normalized spacial score (nSPS) is 11.5. The SMILES string of the molecule is COC(=O)/C=C\c1c(-c2ccccc2)cc(OC)nc1C(C)(C)C. The average molecular weight is 325 g/mol. The molecule has 4 nitrogen and oxygen atoms in total. The first-order valence-corrected chi connectivity index (χ1v) is 7.77. The Morgan fingerprint density at radius 3 is 2.33 bits per heavy atom. The number of esters is 1. The molecule has 0 saturated heterocycles. The second kappa shape index (κ2) is 7.30. The number of rotatable bonds is 4. The standard InChI is InChI=1S/C20H23NO3/c1-20(2,3)19-15(11-12-18(22)24-5)16(13-17(21-19)23-4)14-9-7-6-8-10-14/h6-13H,1-5H3/b12-11-. The summed E-state index contributed by atoms with van der Waals surface area (Å²) >= 11 is 0. The van der Waals surface area contributed by atoms with E-state index in [1.165, 1.54) is 13.2 Å². The highest BCUT2D eigenvalue weighted by atomic mass is 16.5. The Hall–Kier alpha value is -2.62. The van der Waals surface area contributed by atoms with Gasteiger partial charge in [0.25, 0.3) is 0 Å². The molecule has 24 heavy (non-hydrogen) atoms. The van der Waals surface area contributed by atoms with Crippen LogP contribution in [-0.2, 0) is 14.9 Å². The number of nitrogens with zero attached hydrogens (tertiary/aromatic N) is 1. The van der Waals surface area contributed by atoms with Crippen molar-refractivity contribution in [3.05, 3.63) is 53.7 Å². The molecule has 2 aromatic rings. The minimum atomic E-state index is -0.398. The molecule has 126 valence electrons. The quantitative estimate of drug-likeness (QED) is 0.623. The minimum absolute atomic E-state index is 0.214. The van der Waals surface area contributed by atoms with Gasteiger partial charge in [0, 0.05) is 23.1 Å². The molecule has 1 aromatic carbocycles. The van der Waals surface area contributed by atoms with Gasteiger partial charge < -0.3 is 9.47 Å². The van der Waals surface area contributed by atoms with Gasteiger partial charge in [0.1, 0.15) is 0 Å². The van der Waals surface area contributed by atoms with Gasteiger partial charge in [-0.15, -0.1) is 0 Å². The van der Waals surface area contributed by atoms with E-state index < -0.39 is 5.97 Å². The van der Waals surface area contributed by atoms with Crippen LogP contribution in [0, 0.1) is 0 Å². The molecule has 0 saturated carbocycles. The maximum atomic E-state index is 11.6. The Kier molecular flexibility index (Phi) is 5.39. The van der Waals surface area contributed by atoms with Crippen molar-refractivity contribution in [2.24, 2.45) is 0 Å². The van der Waals surface area contributed by atoms with Gasteiger partial charge in [0.2, 0.25) is 5.88 Å². The number of hydrogen-bond acceptors (Lipinski definition) is 4. The lowest BCUT2D eigenvalue weighted by Gasteiger charge is -2.23. The first-order chi connectivity index (χ1) is 11.4. The number of ether oxygens (including phenoxy) is 2. The maximum absolute atomic E-state index is 11.6. The predicted octanol–water partition coefficient (Wildman–Crippen LogP) is 4.24. The van der Waals surface area contributed by atoms with Gasteiger partial charge in [-0.25, -0.2) is 9.78 Å². The van der Waals surface area contributed by atoms with Crippen LogP contribution in [0.15, 0.2) is 42.5 Å². The number of pyridine rings is 1. The Morgan fingerprint density at radius 2 is 1.79 bits per heavy atom. The monoisotopic (exact) mass is 325 g/mol. The van der Waals surface area contributed by atoms with E-state index in [9.17, 15) is 4.79 Å². The van der Waals surface area contributed by atoms with Crippen LogP contribution in [0.1, 0.15) is 32.0 Å². The number of carbonyl (C=O) groups is 1. The van der Waals surface area contributed by atoms with Crippen molar-refractivity contribution in [1.82, 2.24) is 4.98 Å². The summed E-state index contributed by atoms with van der Waals surface area (Å²) in [5, 5.41) is 0. The van der Waals surface area contributed by atoms with Crippen LogP contribution in [0.3, 0.4) is 0 Å². The first-order valence-electron chi connectivity index (χ1n) is 7.77. The van der Waals surface area contributed by atoms with Crippen LogP contribution in [0.2, 0.25) is 0 Å². The van der Waals surface area contributed by atoms with Gasteiger partial charge >= 0.3 is 5.97 Å². The topological polar surface area (TPSA) is 48.4 Å². The van der Waals surface area contributed by atoms with E-state index in [0.29, 0.717) is 5.88 Å². The van der Waals surface area contributed by atoms with Gasteiger partial charge in [-0.3, -0.25) is 0 Å². The van der Waals surface area contributed by atoms with E-state index in [1.54, 1.807) is 13.2 Å². The van der Waals surface area contributed by atoms with Gasteiger partial charge in [-0.2, -0.15) is 0 Å². The van der Waals surface area contributed by atoms with Gasteiger partial charge in [-0.1, -0.05) is 51.1 Å². The van der Waals surface area contributed by atoms with Gasteiger partial charge in [0.05, 0.1) is 19.9 Å². The molecule has 0 aliphatic carbocycles. The van der Waals surface area contributed by atoms with Crippen molar-refractivity contribution in [2.45, 2.75) is 26.2 Å². The van der Waals surface area contributed by atoms with Crippen molar-refractivity contribution < 1.29 is 14.3 Å². The van der Waals surface area contributed by atoms with E-state index >= 15 is 0 Å². The van der Waals surface area contributed by atoms with Gasteiger partial charge in [0.15, 0.2) is 0 Å². The molecular formula is C20H23NO3. The molecule has 0 unspecified atom stereocenters. The van der Waals surface area contributed by atoms with E-state index in [1.807, 2.05) is 36.4 Å². The Labute approximate surface area is 143 Å². The summed E-state index contributed by atoms with van der Waals surface area (Å²) in [5.74, 6) is 0.152. The summed E-state index contributed by atoms with van der Waals surface area (Å²) in [6.45, 7) is 6.25. The minimum Gasteiger partial charge on any atom is -0.481 e. The first kappa shape index (κ1) is 17.7. The fourth-order valence-corrected chi connectivity index (χ4v) is 2.45. The molecule has 0 atom stereocenters. The average Bonchev–Trinajstić information content (AvgIpc) is 2.58. The highest BCUT2D eigenvalue weighted by molar-refractivity contribution is 5.89. The van der Waals surface area contributed by atoms with Crippen LogP contribution in [-0.4, -0.2) is 25.2 Å².